The summed E-state index contributed by atoms with van der Waals surface area (Å²) in [4.78, 5) is 35.5. The molecule has 0 spiro atoms. The molecule has 3 aromatic heterocycles. The number of nitrogens with zero attached hydrogens (tertiary/aromatic N) is 5. The van der Waals surface area contributed by atoms with Crippen molar-refractivity contribution in [3.8, 4) is 22.5 Å². The molecule has 1 fully saturated rings. The molecular weight excluding hydrogens is 444 g/mol. The molecule has 10 nitrogen and oxygen atoms in total. The van der Waals surface area contributed by atoms with Gasteiger partial charge in [-0.25, -0.2) is 19.7 Å². The van der Waals surface area contributed by atoms with Crippen LogP contribution in [0.15, 0.2) is 48.9 Å². The summed E-state index contributed by atoms with van der Waals surface area (Å²) in [6, 6.07) is 9.90. The number of nitrogens with one attached hydrogen (secondary N) is 3. The van der Waals surface area contributed by atoms with E-state index < -0.39 is 6.09 Å². The lowest BCUT2D eigenvalue weighted by Gasteiger charge is -2.26. The van der Waals surface area contributed by atoms with Gasteiger partial charge in [-0.3, -0.25) is 15.2 Å². The topological polar surface area (TPSA) is 121 Å². The number of aromatic nitrogens is 5. The van der Waals surface area contributed by atoms with Crippen molar-refractivity contribution in [1.82, 2.24) is 35.1 Å². The van der Waals surface area contributed by atoms with Crippen LogP contribution in [0.3, 0.4) is 0 Å². The van der Waals surface area contributed by atoms with E-state index >= 15 is 0 Å². The Morgan fingerprint density at radius 3 is 2.63 bits per heavy atom. The van der Waals surface area contributed by atoms with Crippen molar-refractivity contribution >= 4 is 23.1 Å². The summed E-state index contributed by atoms with van der Waals surface area (Å²) in [5, 5.41) is 6.00. The number of H-pyrrole nitrogens is 1. The number of anilines is 1. The Morgan fingerprint density at radius 1 is 1.11 bits per heavy atom. The highest BCUT2D eigenvalue weighted by Crippen LogP contribution is 2.32. The summed E-state index contributed by atoms with van der Waals surface area (Å²) in [6.07, 6.45) is 4.71. The lowest BCUT2D eigenvalue weighted by molar-refractivity contribution is 0.167. The van der Waals surface area contributed by atoms with Gasteiger partial charge in [-0.15, -0.1) is 0 Å². The van der Waals surface area contributed by atoms with Gasteiger partial charge in [-0.05, 0) is 36.8 Å². The summed E-state index contributed by atoms with van der Waals surface area (Å²) in [7, 11) is 0. The molecule has 3 N–H and O–H groups in total. The zero-order chi connectivity index (χ0) is 23.3. The summed E-state index contributed by atoms with van der Waals surface area (Å²) < 4.78 is 4.97. The maximum Gasteiger partial charge on any atom is 0.413 e. The molecule has 0 radical (unpaired) electrons. The van der Waals surface area contributed by atoms with Gasteiger partial charge < -0.3 is 15.0 Å². The molecule has 5 rings (SSSR count). The third kappa shape index (κ3) is 5.61. The minimum Gasteiger partial charge on any atom is -0.450 e. The molecule has 1 aliphatic heterocycles. The second kappa shape index (κ2) is 11.0. The monoisotopic (exact) mass is 474 g/mol. The molecule has 0 bridgehead atoms. The van der Waals surface area contributed by atoms with E-state index in [9.17, 15) is 4.79 Å². The summed E-state index contributed by atoms with van der Waals surface area (Å²) in [5.74, 6) is 0.846. The van der Waals surface area contributed by atoms with E-state index in [1.807, 2.05) is 18.3 Å². The number of rotatable bonds is 6. The Balaban J connectivity index is 0.00000289. The number of imidazole rings is 1. The maximum absolute atomic E-state index is 11.9. The second-order valence-electron chi connectivity index (χ2n) is 7.99. The number of carbonyl (C=O) groups excluding carboxylic acids is 1. The van der Waals surface area contributed by atoms with Crippen molar-refractivity contribution in [2.75, 3.05) is 38.1 Å². The predicted molar refractivity (Wildman–Crippen MR) is 136 cm³/mol. The van der Waals surface area contributed by atoms with Crippen LogP contribution in [0.1, 0.15) is 20.0 Å². The molecule has 1 saturated heterocycles. The highest BCUT2D eigenvalue weighted by molar-refractivity contribution is 5.96. The van der Waals surface area contributed by atoms with Gasteiger partial charge in [0.2, 0.25) is 5.95 Å². The quantitative estimate of drug-likeness (QED) is 0.387. The minimum absolute atomic E-state index is 0. The van der Waals surface area contributed by atoms with Crippen molar-refractivity contribution in [1.29, 1.82) is 0 Å². The fourth-order valence-corrected chi connectivity index (χ4v) is 4.00. The van der Waals surface area contributed by atoms with E-state index in [0.29, 0.717) is 17.3 Å². The number of hydrogen-bond donors (Lipinski definition) is 3. The van der Waals surface area contributed by atoms with Gasteiger partial charge in [0.25, 0.3) is 0 Å². The number of pyridine rings is 1. The fraction of sp³-hybridized carbons (Fsp3) is 0.320. The van der Waals surface area contributed by atoms with E-state index in [-0.39, 0.29) is 14.0 Å². The first-order chi connectivity index (χ1) is 16.7. The molecule has 4 aromatic rings. The Bertz CT molecular complexity index is 1270. The third-order valence-electron chi connectivity index (χ3n) is 5.64. The van der Waals surface area contributed by atoms with Gasteiger partial charge in [0, 0.05) is 62.4 Å². The molecular formula is C25H30N8O2. The molecule has 10 heteroatoms. The number of aromatic amines is 1. The zero-order valence-corrected chi connectivity index (χ0v) is 18.9. The van der Waals surface area contributed by atoms with Crippen LogP contribution in [0, 0.1) is 0 Å². The van der Waals surface area contributed by atoms with Crippen molar-refractivity contribution in [2.24, 2.45) is 0 Å². The standard InChI is InChI=1S/C24H26N8O2.CH4/c1-2-34-24(33)31-23-29-20-13-17(12-19(21(20)30-23)22-26-6-3-7-27-22)16-4-5-18(28-14-16)15-32-10-8-25-9-11-32;/h3-7,12-14,25H,2,8-11,15H2,1H3,(H2,29,30,31,33);1H4. The number of piperazine rings is 1. The van der Waals surface area contributed by atoms with Gasteiger partial charge in [-0.1, -0.05) is 13.5 Å². The summed E-state index contributed by atoms with van der Waals surface area (Å²) in [6.45, 7) is 6.95. The smallest absolute Gasteiger partial charge is 0.413 e. The Hall–Kier alpha value is -3.89. The van der Waals surface area contributed by atoms with E-state index in [1.165, 1.54) is 0 Å². The molecule has 4 heterocycles. The molecule has 1 aliphatic rings. The molecule has 0 unspecified atom stereocenters. The molecule has 0 atom stereocenters. The largest absolute Gasteiger partial charge is 0.450 e. The minimum atomic E-state index is -0.566. The van der Waals surface area contributed by atoms with Gasteiger partial charge in [0.1, 0.15) is 5.52 Å². The highest BCUT2D eigenvalue weighted by Gasteiger charge is 2.16. The number of hydrogen-bond acceptors (Lipinski definition) is 8. The molecule has 1 aromatic carbocycles. The lowest BCUT2D eigenvalue weighted by Crippen LogP contribution is -2.43. The Morgan fingerprint density at radius 2 is 1.91 bits per heavy atom. The van der Waals surface area contributed by atoms with Crippen LogP contribution < -0.4 is 10.6 Å². The van der Waals surface area contributed by atoms with Gasteiger partial charge >= 0.3 is 6.09 Å². The van der Waals surface area contributed by atoms with E-state index in [1.54, 1.807) is 25.4 Å². The van der Waals surface area contributed by atoms with E-state index in [4.69, 9.17) is 9.72 Å². The normalized spacial score (nSPS) is 13.9. The van der Waals surface area contributed by atoms with Crippen LogP contribution in [0.25, 0.3) is 33.5 Å². The first kappa shape index (κ1) is 24.2. The van der Waals surface area contributed by atoms with Gasteiger partial charge in [0.05, 0.1) is 17.8 Å². The van der Waals surface area contributed by atoms with Crippen LogP contribution in [0.5, 0.6) is 0 Å². The molecule has 182 valence electrons. The van der Waals surface area contributed by atoms with Crippen molar-refractivity contribution in [3.05, 3.63) is 54.6 Å². The van der Waals surface area contributed by atoms with E-state index in [2.05, 4.69) is 47.6 Å². The van der Waals surface area contributed by atoms with Gasteiger partial charge in [0.15, 0.2) is 5.82 Å². The first-order valence-corrected chi connectivity index (χ1v) is 11.3. The van der Waals surface area contributed by atoms with Crippen molar-refractivity contribution in [2.45, 2.75) is 20.9 Å². The SMILES string of the molecule is C.CCOC(=O)Nc1nc2c(-c3ncccn3)cc(-c3ccc(CN4CCNCC4)nc3)cc2[nH]1. The Kier molecular flexibility index (Phi) is 7.64. The Labute approximate surface area is 204 Å². The maximum atomic E-state index is 11.9. The molecule has 1 amide bonds. The molecule has 0 aliphatic carbocycles. The first-order valence-electron chi connectivity index (χ1n) is 11.3. The molecule has 0 saturated carbocycles. The van der Waals surface area contributed by atoms with Crippen LogP contribution in [-0.4, -0.2) is 68.7 Å². The fourth-order valence-electron chi connectivity index (χ4n) is 4.00. The van der Waals surface area contributed by atoms with Crippen LogP contribution in [0.2, 0.25) is 0 Å². The zero-order valence-electron chi connectivity index (χ0n) is 18.9. The second-order valence-corrected chi connectivity index (χ2v) is 7.99. The number of ether oxygens (including phenoxy) is 1. The lowest BCUT2D eigenvalue weighted by atomic mass is 10.0. The summed E-state index contributed by atoms with van der Waals surface area (Å²) in [5.41, 5.74) is 5.12. The van der Waals surface area contributed by atoms with Crippen molar-refractivity contribution < 1.29 is 9.53 Å². The third-order valence-corrected chi connectivity index (χ3v) is 5.64. The summed E-state index contributed by atoms with van der Waals surface area (Å²) >= 11 is 0. The number of amides is 1. The average Bonchev–Trinajstić information content (AvgIpc) is 3.27. The molecule has 35 heavy (non-hydrogen) atoms. The number of carbonyl (C=O) groups is 1. The highest BCUT2D eigenvalue weighted by atomic mass is 16.5. The van der Waals surface area contributed by atoms with Gasteiger partial charge in [-0.2, -0.15) is 0 Å². The van der Waals surface area contributed by atoms with Crippen LogP contribution in [-0.2, 0) is 11.3 Å². The van der Waals surface area contributed by atoms with E-state index in [0.717, 1.165) is 60.6 Å². The predicted octanol–water partition coefficient (Wildman–Crippen LogP) is 3.69. The van der Waals surface area contributed by atoms with Crippen LogP contribution >= 0.6 is 0 Å². The number of benzene rings is 1. The van der Waals surface area contributed by atoms with Crippen molar-refractivity contribution in [3.63, 3.8) is 0 Å². The van der Waals surface area contributed by atoms with Crippen LogP contribution in [0.4, 0.5) is 10.7 Å². The average molecular weight is 475 g/mol. The number of fused-ring (bicyclic) bond motifs is 1.